The number of nitrogens with zero attached hydrogens (tertiary/aromatic N) is 4. The highest BCUT2D eigenvalue weighted by atomic mass is 15.0. The first-order chi connectivity index (χ1) is 9.29. The van der Waals surface area contributed by atoms with Crippen LogP contribution in [0.2, 0.25) is 0 Å². The molecule has 0 aromatic carbocycles. The van der Waals surface area contributed by atoms with Crippen LogP contribution in [0.15, 0.2) is 36.8 Å². The van der Waals surface area contributed by atoms with Crippen LogP contribution in [0.1, 0.15) is 11.4 Å². The summed E-state index contributed by atoms with van der Waals surface area (Å²) in [5.41, 5.74) is 10.1. The van der Waals surface area contributed by atoms with Crippen molar-refractivity contribution in [3.05, 3.63) is 48.2 Å². The van der Waals surface area contributed by atoms with Crippen molar-refractivity contribution in [2.24, 2.45) is 5.73 Å². The van der Waals surface area contributed by atoms with Gasteiger partial charge in [0, 0.05) is 18.8 Å². The Morgan fingerprint density at radius 3 is 2.84 bits per heavy atom. The molecule has 0 radical (unpaired) electrons. The Labute approximate surface area is 111 Å². The van der Waals surface area contributed by atoms with Crippen LogP contribution in [0.5, 0.6) is 0 Å². The van der Waals surface area contributed by atoms with Crippen LogP contribution in [-0.4, -0.2) is 25.9 Å². The number of hydrogen-bond acceptors (Lipinski definition) is 4. The number of aromatic nitrogens is 4. The van der Waals surface area contributed by atoms with E-state index in [1.165, 1.54) is 0 Å². The Bertz CT molecular complexity index is 699. The Morgan fingerprint density at radius 2 is 2.11 bits per heavy atom. The average Bonchev–Trinajstić information content (AvgIpc) is 2.76. The predicted molar refractivity (Wildman–Crippen MR) is 73.7 cm³/mol. The van der Waals surface area contributed by atoms with Gasteiger partial charge in [-0.3, -0.25) is 14.4 Å². The molecule has 0 atom stereocenters. The molecule has 0 amide bonds. The Balaban J connectivity index is 2.10. The van der Waals surface area contributed by atoms with Gasteiger partial charge in [0.2, 0.25) is 0 Å². The molecule has 5 heteroatoms. The quantitative estimate of drug-likeness (QED) is 0.769. The lowest BCUT2D eigenvalue weighted by Gasteiger charge is -2.03. The van der Waals surface area contributed by atoms with Crippen molar-refractivity contribution >= 4 is 5.65 Å². The predicted octanol–water partition coefficient (Wildman–Crippen LogP) is 1.60. The highest BCUT2D eigenvalue weighted by Crippen LogP contribution is 2.22. The number of fused-ring (bicyclic) bond motifs is 1. The van der Waals surface area contributed by atoms with Crippen molar-refractivity contribution in [3.8, 4) is 11.4 Å². The molecule has 0 aliphatic heterocycles. The molecule has 2 N–H and O–H groups in total. The van der Waals surface area contributed by atoms with E-state index in [2.05, 4.69) is 15.0 Å². The summed E-state index contributed by atoms with van der Waals surface area (Å²) < 4.78 is 2.03. The summed E-state index contributed by atoms with van der Waals surface area (Å²) in [7, 11) is 0. The lowest BCUT2D eigenvalue weighted by atomic mass is 10.2. The van der Waals surface area contributed by atoms with Crippen molar-refractivity contribution in [1.82, 2.24) is 19.4 Å². The van der Waals surface area contributed by atoms with Crippen LogP contribution in [-0.2, 0) is 6.42 Å². The van der Waals surface area contributed by atoms with Crippen molar-refractivity contribution in [2.45, 2.75) is 13.3 Å². The van der Waals surface area contributed by atoms with Gasteiger partial charge in [-0.15, -0.1) is 0 Å². The molecule has 0 aliphatic carbocycles. The van der Waals surface area contributed by atoms with Gasteiger partial charge in [0.05, 0.1) is 23.3 Å². The molecule has 3 heterocycles. The van der Waals surface area contributed by atoms with E-state index < -0.39 is 0 Å². The third-order valence-corrected chi connectivity index (χ3v) is 3.05. The van der Waals surface area contributed by atoms with E-state index in [1.54, 1.807) is 12.4 Å². The second kappa shape index (κ2) is 4.78. The molecule has 3 aromatic heterocycles. The van der Waals surface area contributed by atoms with Gasteiger partial charge in [-0.1, -0.05) is 6.07 Å². The SMILES string of the molecule is Cc1nc2ccccn2c1-c1cnc(CCN)cn1. The van der Waals surface area contributed by atoms with Crippen molar-refractivity contribution in [3.63, 3.8) is 0 Å². The Kier molecular flexibility index (Phi) is 2.97. The zero-order chi connectivity index (χ0) is 13.2. The molecule has 3 rings (SSSR count). The smallest absolute Gasteiger partial charge is 0.137 e. The van der Waals surface area contributed by atoms with Crippen LogP contribution in [0.4, 0.5) is 0 Å². The molecule has 96 valence electrons. The fourth-order valence-electron chi connectivity index (χ4n) is 2.18. The summed E-state index contributed by atoms with van der Waals surface area (Å²) >= 11 is 0. The second-order valence-electron chi connectivity index (χ2n) is 4.41. The maximum atomic E-state index is 5.51. The lowest BCUT2D eigenvalue weighted by molar-refractivity contribution is 0.908. The molecular weight excluding hydrogens is 238 g/mol. The Morgan fingerprint density at radius 1 is 1.21 bits per heavy atom. The zero-order valence-corrected chi connectivity index (χ0v) is 10.7. The van der Waals surface area contributed by atoms with Gasteiger partial charge in [0.1, 0.15) is 11.3 Å². The minimum Gasteiger partial charge on any atom is -0.330 e. The van der Waals surface area contributed by atoms with Crippen molar-refractivity contribution < 1.29 is 0 Å². The summed E-state index contributed by atoms with van der Waals surface area (Å²) in [4.78, 5) is 13.4. The number of aryl methyl sites for hydroxylation is 1. The van der Waals surface area contributed by atoms with E-state index in [-0.39, 0.29) is 0 Å². The van der Waals surface area contributed by atoms with Crippen LogP contribution in [0.25, 0.3) is 17.0 Å². The number of rotatable bonds is 3. The number of imidazole rings is 1. The summed E-state index contributed by atoms with van der Waals surface area (Å²) in [6.07, 6.45) is 6.30. The molecular formula is C14H15N5. The van der Waals surface area contributed by atoms with E-state index in [0.717, 1.165) is 34.8 Å². The molecule has 3 aromatic rings. The van der Waals surface area contributed by atoms with Crippen LogP contribution in [0, 0.1) is 6.92 Å². The molecule has 0 bridgehead atoms. The van der Waals surface area contributed by atoms with Gasteiger partial charge in [-0.05, 0) is 25.6 Å². The minimum absolute atomic E-state index is 0.586. The van der Waals surface area contributed by atoms with E-state index in [4.69, 9.17) is 5.73 Å². The van der Waals surface area contributed by atoms with Gasteiger partial charge in [0.15, 0.2) is 0 Å². The molecule has 0 saturated carbocycles. The zero-order valence-electron chi connectivity index (χ0n) is 10.7. The largest absolute Gasteiger partial charge is 0.330 e. The standard InChI is InChI=1S/C14H15N5/c1-10-14(19-7-3-2-4-13(19)18-10)12-9-16-11(5-6-15)8-17-12/h2-4,7-9H,5-6,15H2,1H3. The third kappa shape index (κ3) is 2.08. The summed E-state index contributed by atoms with van der Waals surface area (Å²) in [5, 5.41) is 0. The number of hydrogen-bond donors (Lipinski definition) is 1. The fourth-order valence-corrected chi connectivity index (χ4v) is 2.18. The van der Waals surface area contributed by atoms with E-state index in [1.807, 2.05) is 35.7 Å². The van der Waals surface area contributed by atoms with Crippen LogP contribution < -0.4 is 5.73 Å². The molecule has 19 heavy (non-hydrogen) atoms. The van der Waals surface area contributed by atoms with Gasteiger partial charge in [0.25, 0.3) is 0 Å². The normalized spacial score (nSPS) is 11.1. The van der Waals surface area contributed by atoms with E-state index in [9.17, 15) is 0 Å². The highest BCUT2D eigenvalue weighted by molar-refractivity contribution is 5.63. The highest BCUT2D eigenvalue weighted by Gasteiger charge is 2.11. The fraction of sp³-hybridized carbons (Fsp3) is 0.214. The topological polar surface area (TPSA) is 69.1 Å². The minimum atomic E-state index is 0.586. The van der Waals surface area contributed by atoms with Gasteiger partial charge < -0.3 is 5.73 Å². The maximum Gasteiger partial charge on any atom is 0.137 e. The van der Waals surface area contributed by atoms with E-state index >= 15 is 0 Å². The van der Waals surface area contributed by atoms with E-state index in [0.29, 0.717) is 6.54 Å². The average molecular weight is 253 g/mol. The Hall–Kier alpha value is -2.27. The van der Waals surface area contributed by atoms with Crippen molar-refractivity contribution in [2.75, 3.05) is 6.54 Å². The summed E-state index contributed by atoms with van der Waals surface area (Å²) in [5.74, 6) is 0. The molecule has 0 spiro atoms. The first-order valence-electron chi connectivity index (χ1n) is 6.24. The van der Waals surface area contributed by atoms with Gasteiger partial charge >= 0.3 is 0 Å². The maximum absolute atomic E-state index is 5.51. The first kappa shape index (κ1) is 11.8. The van der Waals surface area contributed by atoms with Crippen LogP contribution >= 0.6 is 0 Å². The van der Waals surface area contributed by atoms with Crippen LogP contribution in [0.3, 0.4) is 0 Å². The number of pyridine rings is 1. The summed E-state index contributed by atoms with van der Waals surface area (Å²) in [6.45, 7) is 2.57. The van der Waals surface area contributed by atoms with Gasteiger partial charge in [-0.25, -0.2) is 4.98 Å². The van der Waals surface area contributed by atoms with Gasteiger partial charge in [-0.2, -0.15) is 0 Å². The number of nitrogens with two attached hydrogens (primary N) is 1. The molecule has 5 nitrogen and oxygen atoms in total. The molecule has 0 unspecified atom stereocenters. The first-order valence-corrected chi connectivity index (χ1v) is 6.24. The third-order valence-electron chi connectivity index (χ3n) is 3.05. The monoisotopic (exact) mass is 253 g/mol. The second-order valence-corrected chi connectivity index (χ2v) is 4.41. The molecule has 0 saturated heterocycles. The van der Waals surface area contributed by atoms with Crippen molar-refractivity contribution in [1.29, 1.82) is 0 Å². The molecule has 0 fully saturated rings. The summed E-state index contributed by atoms with van der Waals surface area (Å²) in [6, 6.07) is 5.93. The lowest BCUT2D eigenvalue weighted by Crippen LogP contribution is -2.05. The molecule has 0 aliphatic rings.